The zero-order valence-corrected chi connectivity index (χ0v) is 23.5. The molecule has 0 atom stereocenters. The predicted octanol–water partition coefficient (Wildman–Crippen LogP) is 8.70. The van der Waals surface area contributed by atoms with Crippen LogP contribution in [0.4, 0.5) is 0 Å². The zero-order valence-electron chi connectivity index (χ0n) is 23.5. The van der Waals surface area contributed by atoms with Crippen LogP contribution in [0.5, 0.6) is 0 Å². The van der Waals surface area contributed by atoms with Gasteiger partial charge in [-0.3, -0.25) is 9.97 Å². The summed E-state index contributed by atoms with van der Waals surface area (Å²) in [5.74, 6) is 1.73. The third kappa shape index (κ3) is 4.74. The van der Waals surface area contributed by atoms with E-state index in [1.165, 1.54) is 0 Å². The lowest BCUT2D eigenvalue weighted by Crippen LogP contribution is -2.01. The molecule has 6 heteroatoms. The number of benzene rings is 4. The van der Waals surface area contributed by atoms with Gasteiger partial charge in [0.2, 0.25) is 0 Å². The molecule has 0 saturated carbocycles. The Labute approximate surface area is 253 Å². The van der Waals surface area contributed by atoms with Crippen molar-refractivity contribution in [2.75, 3.05) is 0 Å². The first-order valence-electron chi connectivity index (χ1n) is 14.4. The lowest BCUT2D eigenvalue weighted by molar-refractivity contribution is 1.06. The lowest BCUT2D eigenvalue weighted by atomic mass is 10.0. The molecule has 8 rings (SSSR count). The molecule has 0 unspecified atom stereocenters. The number of para-hydroxylation sites is 1. The van der Waals surface area contributed by atoms with Crippen molar-refractivity contribution >= 4 is 21.7 Å². The molecule has 8 aromatic rings. The standard InChI is InChI=1S/C38H24N6/c1-3-11-25(12-4-1)36-42-37(26-13-5-2-6-14-26)44-38(43-36)33-20-19-28(24-40-33)27-21-22-39-34(23-27)35-31-17-8-7-15-29(31)30-16-9-10-18-32(30)41-35/h1-24H. The highest BCUT2D eigenvalue weighted by Crippen LogP contribution is 2.33. The number of aromatic nitrogens is 6. The molecule has 0 aliphatic heterocycles. The van der Waals surface area contributed by atoms with Gasteiger partial charge >= 0.3 is 0 Å². The van der Waals surface area contributed by atoms with Crippen molar-refractivity contribution in [3.63, 3.8) is 0 Å². The summed E-state index contributed by atoms with van der Waals surface area (Å²) in [5, 5.41) is 3.36. The van der Waals surface area contributed by atoms with Crippen LogP contribution >= 0.6 is 0 Å². The summed E-state index contributed by atoms with van der Waals surface area (Å²) < 4.78 is 0. The molecule has 0 aliphatic carbocycles. The first kappa shape index (κ1) is 25.6. The molecular formula is C38H24N6. The molecule has 0 fully saturated rings. The maximum atomic E-state index is 5.03. The fraction of sp³-hybridized carbons (Fsp3) is 0. The second kappa shape index (κ2) is 10.9. The van der Waals surface area contributed by atoms with Crippen molar-refractivity contribution in [2.24, 2.45) is 0 Å². The van der Waals surface area contributed by atoms with Crippen molar-refractivity contribution in [1.29, 1.82) is 0 Å². The van der Waals surface area contributed by atoms with Gasteiger partial charge in [0.05, 0.1) is 16.9 Å². The minimum Gasteiger partial charge on any atom is -0.255 e. The number of pyridine rings is 3. The summed E-state index contributed by atoms with van der Waals surface area (Å²) in [6.45, 7) is 0. The van der Waals surface area contributed by atoms with E-state index in [1.54, 1.807) is 0 Å². The van der Waals surface area contributed by atoms with E-state index in [-0.39, 0.29) is 0 Å². The summed E-state index contributed by atoms with van der Waals surface area (Å²) in [7, 11) is 0. The van der Waals surface area contributed by atoms with E-state index in [0.29, 0.717) is 23.2 Å². The molecule has 0 saturated heterocycles. The number of hydrogen-bond acceptors (Lipinski definition) is 6. The van der Waals surface area contributed by atoms with Crippen molar-refractivity contribution in [2.45, 2.75) is 0 Å². The number of fused-ring (bicyclic) bond motifs is 3. The Morgan fingerprint density at radius 2 is 0.977 bits per heavy atom. The molecule has 44 heavy (non-hydrogen) atoms. The Morgan fingerprint density at radius 1 is 0.364 bits per heavy atom. The van der Waals surface area contributed by atoms with E-state index in [4.69, 9.17) is 29.9 Å². The molecule has 6 nitrogen and oxygen atoms in total. The molecule has 4 aromatic carbocycles. The maximum Gasteiger partial charge on any atom is 0.182 e. The van der Waals surface area contributed by atoms with Crippen LogP contribution in [0.15, 0.2) is 146 Å². The fourth-order valence-corrected chi connectivity index (χ4v) is 5.46. The molecule has 0 spiro atoms. The zero-order chi connectivity index (χ0) is 29.3. The number of hydrogen-bond donors (Lipinski definition) is 0. The number of nitrogens with zero attached hydrogens (tertiary/aromatic N) is 6. The Balaban J connectivity index is 1.19. The van der Waals surface area contributed by atoms with Crippen LogP contribution < -0.4 is 0 Å². The molecule has 0 N–H and O–H groups in total. The van der Waals surface area contributed by atoms with E-state index in [2.05, 4.69) is 30.3 Å². The van der Waals surface area contributed by atoms with Crippen molar-refractivity contribution in [1.82, 2.24) is 29.9 Å². The van der Waals surface area contributed by atoms with E-state index >= 15 is 0 Å². The van der Waals surface area contributed by atoms with Crippen LogP contribution in [0, 0.1) is 0 Å². The van der Waals surface area contributed by atoms with Crippen LogP contribution in [0.25, 0.3) is 78.5 Å². The Kier molecular flexibility index (Phi) is 6.35. The van der Waals surface area contributed by atoms with Crippen LogP contribution in [-0.2, 0) is 0 Å². The second-order valence-corrected chi connectivity index (χ2v) is 10.4. The van der Waals surface area contributed by atoms with Crippen molar-refractivity contribution in [3.05, 3.63) is 146 Å². The monoisotopic (exact) mass is 564 g/mol. The SMILES string of the molecule is c1ccc(-c2nc(-c3ccccc3)nc(-c3ccc(-c4ccnc(-c5nc6ccccc6c6ccccc56)c4)cn3)n2)cc1. The molecular weight excluding hydrogens is 540 g/mol. The van der Waals surface area contributed by atoms with Gasteiger partial charge in [-0.05, 0) is 35.2 Å². The van der Waals surface area contributed by atoms with Crippen LogP contribution in [0.2, 0.25) is 0 Å². The smallest absolute Gasteiger partial charge is 0.182 e. The van der Waals surface area contributed by atoms with Crippen LogP contribution in [-0.4, -0.2) is 29.9 Å². The molecule has 0 amide bonds. The summed E-state index contributed by atoms with van der Waals surface area (Å²) in [6, 6.07) is 44.5. The maximum absolute atomic E-state index is 5.03. The van der Waals surface area contributed by atoms with Crippen LogP contribution in [0.1, 0.15) is 0 Å². The predicted molar refractivity (Wildman–Crippen MR) is 175 cm³/mol. The lowest BCUT2D eigenvalue weighted by Gasteiger charge is -2.11. The van der Waals surface area contributed by atoms with E-state index in [1.807, 2.05) is 116 Å². The molecule has 0 radical (unpaired) electrons. The topological polar surface area (TPSA) is 77.3 Å². The molecule has 206 valence electrons. The van der Waals surface area contributed by atoms with Gasteiger partial charge in [-0.15, -0.1) is 0 Å². The van der Waals surface area contributed by atoms with Crippen molar-refractivity contribution < 1.29 is 0 Å². The van der Waals surface area contributed by atoms with Crippen molar-refractivity contribution in [3.8, 4) is 56.8 Å². The fourth-order valence-electron chi connectivity index (χ4n) is 5.46. The first-order valence-corrected chi connectivity index (χ1v) is 14.4. The van der Waals surface area contributed by atoms with E-state index < -0.39 is 0 Å². The summed E-state index contributed by atoms with van der Waals surface area (Å²) in [6.07, 6.45) is 3.68. The van der Waals surface area contributed by atoms with Gasteiger partial charge in [-0.2, -0.15) is 0 Å². The summed E-state index contributed by atoms with van der Waals surface area (Å²) in [4.78, 5) is 28.9. The molecule has 4 aromatic heterocycles. The van der Waals surface area contributed by atoms with Gasteiger partial charge < -0.3 is 0 Å². The van der Waals surface area contributed by atoms with Gasteiger partial charge in [-0.1, -0.05) is 109 Å². The third-order valence-electron chi connectivity index (χ3n) is 7.64. The molecule has 4 heterocycles. The van der Waals surface area contributed by atoms with Gasteiger partial charge in [-0.25, -0.2) is 19.9 Å². The highest BCUT2D eigenvalue weighted by atomic mass is 15.0. The Bertz CT molecular complexity index is 2210. The minimum absolute atomic E-state index is 0.520. The Morgan fingerprint density at radius 3 is 1.66 bits per heavy atom. The third-order valence-corrected chi connectivity index (χ3v) is 7.64. The molecule has 0 aliphatic rings. The summed E-state index contributed by atoms with van der Waals surface area (Å²) in [5.41, 5.74) is 7.09. The highest BCUT2D eigenvalue weighted by Gasteiger charge is 2.15. The minimum atomic E-state index is 0.520. The average molecular weight is 565 g/mol. The summed E-state index contributed by atoms with van der Waals surface area (Å²) >= 11 is 0. The Hall–Kier alpha value is -6.14. The molecule has 0 bridgehead atoms. The number of rotatable bonds is 5. The second-order valence-electron chi connectivity index (χ2n) is 10.4. The normalized spacial score (nSPS) is 11.2. The highest BCUT2D eigenvalue weighted by molar-refractivity contribution is 6.10. The van der Waals surface area contributed by atoms with E-state index in [9.17, 15) is 0 Å². The van der Waals surface area contributed by atoms with Gasteiger partial charge in [0.25, 0.3) is 0 Å². The van der Waals surface area contributed by atoms with Gasteiger partial charge in [0, 0.05) is 39.9 Å². The quantitative estimate of drug-likeness (QED) is 0.195. The first-order chi connectivity index (χ1) is 21.8. The van der Waals surface area contributed by atoms with Gasteiger partial charge in [0.15, 0.2) is 17.5 Å². The van der Waals surface area contributed by atoms with Gasteiger partial charge in [0.1, 0.15) is 5.69 Å². The van der Waals surface area contributed by atoms with Crippen LogP contribution in [0.3, 0.4) is 0 Å². The largest absolute Gasteiger partial charge is 0.255 e. The average Bonchev–Trinajstić information content (AvgIpc) is 3.12. The van der Waals surface area contributed by atoms with E-state index in [0.717, 1.165) is 55.3 Å².